The normalized spacial score (nSPS) is 11.4. The first-order valence-corrected chi connectivity index (χ1v) is 12.5. The Morgan fingerprint density at radius 1 is 0.636 bits per heavy atom. The van der Waals surface area contributed by atoms with Crippen molar-refractivity contribution in [2.75, 3.05) is 0 Å². The van der Waals surface area contributed by atoms with Crippen LogP contribution in [0.4, 0.5) is 0 Å². The fourth-order valence-corrected chi connectivity index (χ4v) is 5.10. The van der Waals surface area contributed by atoms with Crippen LogP contribution in [0.5, 0.6) is 0 Å². The third-order valence-electron chi connectivity index (χ3n) is 5.14. The van der Waals surface area contributed by atoms with E-state index in [9.17, 15) is 8.42 Å². The molecule has 6 nitrogen and oxygen atoms in total. The Morgan fingerprint density at radius 2 is 1.09 bits per heavy atom. The lowest BCUT2D eigenvalue weighted by molar-refractivity contribution is -0.571. The monoisotopic (exact) mass is 471 g/mol. The summed E-state index contributed by atoms with van der Waals surface area (Å²) in [6.45, 7) is 0. The summed E-state index contributed by atoms with van der Waals surface area (Å²) in [5.74, 6) is 0. The zero-order chi connectivity index (χ0) is 22.8. The van der Waals surface area contributed by atoms with Gasteiger partial charge in [-0.05, 0) is 39.7 Å². The van der Waals surface area contributed by atoms with Gasteiger partial charge in [-0.2, -0.15) is 4.57 Å². The van der Waals surface area contributed by atoms with Crippen LogP contribution in [0.3, 0.4) is 0 Å². The number of hydrogen-bond donors (Lipinski definition) is 1. The Labute approximate surface area is 195 Å². The number of nitrogens with zero attached hydrogens (tertiary/aromatic N) is 3. The van der Waals surface area contributed by atoms with E-state index in [1.54, 1.807) is 0 Å². The lowest BCUT2D eigenvalue weighted by atomic mass is 9.99. The molecule has 2 N–H and O–H groups in total. The molecule has 0 spiro atoms. The molecule has 0 amide bonds. The number of benzene rings is 3. The van der Waals surface area contributed by atoms with Crippen LogP contribution >= 0.6 is 11.3 Å². The largest absolute Gasteiger partial charge is 0.416 e. The molecule has 5 aromatic rings. The number of hydrogen-bond acceptors (Lipinski definition) is 5. The van der Waals surface area contributed by atoms with Gasteiger partial charge in [-0.1, -0.05) is 91.0 Å². The van der Waals surface area contributed by atoms with Gasteiger partial charge in [-0.15, -0.1) is 0 Å². The highest BCUT2D eigenvalue weighted by atomic mass is 32.2. The number of aromatic nitrogens is 3. The van der Waals surface area contributed by atoms with E-state index in [1.165, 1.54) is 0 Å². The Morgan fingerprint density at radius 3 is 1.52 bits per heavy atom. The quantitative estimate of drug-likeness (QED) is 0.383. The number of primary sulfonamides is 1. The summed E-state index contributed by atoms with van der Waals surface area (Å²) in [5.41, 5.74) is 5.72. The first-order chi connectivity index (χ1) is 16.0. The Bertz CT molecular complexity index is 1460. The molecule has 3 aromatic carbocycles. The van der Waals surface area contributed by atoms with Crippen molar-refractivity contribution in [2.24, 2.45) is 5.14 Å². The van der Waals surface area contributed by atoms with E-state index in [2.05, 4.69) is 34.5 Å². The third-order valence-corrected chi connectivity index (χ3v) is 7.36. The van der Waals surface area contributed by atoms with Gasteiger partial charge in [0.25, 0.3) is 14.4 Å². The second kappa shape index (κ2) is 8.67. The number of nitrogens with two attached hydrogens (primary N) is 1. The minimum Gasteiger partial charge on any atom is -0.222 e. The zero-order valence-electron chi connectivity index (χ0n) is 17.4. The van der Waals surface area contributed by atoms with Gasteiger partial charge >= 0.3 is 5.13 Å². The molecule has 0 fully saturated rings. The summed E-state index contributed by atoms with van der Waals surface area (Å²) in [4.78, 5) is 0. The molecule has 0 saturated heterocycles. The van der Waals surface area contributed by atoms with E-state index < -0.39 is 10.0 Å². The van der Waals surface area contributed by atoms with Gasteiger partial charge in [-0.25, -0.2) is 13.6 Å². The van der Waals surface area contributed by atoms with Crippen molar-refractivity contribution < 1.29 is 13.0 Å². The van der Waals surface area contributed by atoms with Crippen LogP contribution in [0.25, 0.3) is 38.8 Å². The summed E-state index contributed by atoms with van der Waals surface area (Å²) in [6, 6.07) is 34.1. The van der Waals surface area contributed by atoms with E-state index in [4.69, 9.17) is 5.14 Å². The zero-order valence-corrected chi connectivity index (χ0v) is 19.0. The molecule has 8 heteroatoms. The maximum atomic E-state index is 11.9. The summed E-state index contributed by atoms with van der Waals surface area (Å²) in [6.07, 6.45) is 0. The molecular formula is C25H19N4O2S2+. The van der Waals surface area contributed by atoms with Gasteiger partial charge in [0.05, 0.1) is 5.10 Å². The Hall–Kier alpha value is -3.72. The molecule has 162 valence electrons. The Kier molecular flexibility index (Phi) is 5.55. The molecule has 0 aliphatic rings. The molecule has 5 rings (SSSR count). The second-order valence-electron chi connectivity index (χ2n) is 7.34. The first-order valence-electron chi connectivity index (χ1n) is 10.1. The molecule has 0 bridgehead atoms. The van der Waals surface area contributed by atoms with Crippen LogP contribution in [0.2, 0.25) is 0 Å². The lowest BCUT2D eigenvalue weighted by Gasteiger charge is -2.13. The van der Waals surface area contributed by atoms with Crippen molar-refractivity contribution in [3.05, 3.63) is 103 Å². The lowest BCUT2D eigenvalue weighted by Crippen LogP contribution is -2.36. The minimum absolute atomic E-state index is 0.227. The average Bonchev–Trinajstić information content (AvgIpc) is 3.36. The van der Waals surface area contributed by atoms with Crippen LogP contribution in [0.1, 0.15) is 0 Å². The van der Waals surface area contributed by atoms with Crippen molar-refractivity contribution in [1.82, 2.24) is 10.2 Å². The predicted octanol–water partition coefficient (Wildman–Crippen LogP) is 4.46. The third kappa shape index (κ3) is 4.31. The summed E-state index contributed by atoms with van der Waals surface area (Å²) in [5, 5.41) is 13.8. The van der Waals surface area contributed by atoms with E-state index >= 15 is 0 Å². The summed E-state index contributed by atoms with van der Waals surface area (Å²) >= 11 is 0.940. The first kappa shape index (κ1) is 21.1. The van der Waals surface area contributed by atoms with Crippen molar-refractivity contribution in [3.8, 4) is 38.8 Å². The molecule has 0 atom stereocenters. The standard InChI is InChI=1S/C25H19N4O2S2/c26-33(30,31)25-28-27-24(32-25)29-22(19-12-6-2-7-13-19)16-21(18-10-4-1-5-11-18)17-23(29)20-14-8-3-9-15-20/h1-17H,(H2,26,30,31)/q+1. The highest BCUT2D eigenvalue weighted by Crippen LogP contribution is 2.31. The van der Waals surface area contributed by atoms with E-state index in [0.29, 0.717) is 5.13 Å². The van der Waals surface area contributed by atoms with Crippen LogP contribution in [-0.4, -0.2) is 18.6 Å². The number of pyridine rings is 1. The topological polar surface area (TPSA) is 89.8 Å². The summed E-state index contributed by atoms with van der Waals surface area (Å²) < 4.78 is 25.5. The van der Waals surface area contributed by atoms with Crippen LogP contribution < -0.4 is 9.71 Å². The fourth-order valence-electron chi connectivity index (χ4n) is 3.65. The van der Waals surface area contributed by atoms with Gasteiger partial charge in [0, 0.05) is 11.1 Å². The predicted molar refractivity (Wildman–Crippen MR) is 129 cm³/mol. The summed E-state index contributed by atoms with van der Waals surface area (Å²) in [7, 11) is -3.96. The molecule has 0 aliphatic heterocycles. The van der Waals surface area contributed by atoms with E-state index in [-0.39, 0.29) is 4.34 Å². The number of rotatable bonds is 5. The highest BCUT2D eigenvalue weighted by molar-refractivity contribution is 7.91. The van der Waals surface area contributed by atoms with Gasteiger partial charge < -0.3 is 0 Å². The van der Waals surface area contributed by atoms with Crippen molar-refractivity contribution in [2.45, 2.75) is 4.34 Å². The SMILES string of the molecule is NS(=O)(=O)c1nnc(-[n+]2c(-c3ccccc3)cc(-c3ccccc3)cc2-c2ccccc2)s1. The fraction of sp³-hybridized carbons (Fsp3) is 0. The molecule has 0 radical (unpaired) electrons. The van der Waals surface area contributed by atoms with E-state index in [1.807, 2.05) is 83.4 Å². The van der Waals surface area contributed by atoms with Crippen molar-refractivity contribution >= 4 is 21.4 Å². The molecule has 2 heterocycles. The molecule has 0 saturated carbocycles. The van der Waals surface area contributed by atoms with Gasteiger partial charge in [-0.3, -0.25) is 0 Å². The van der Waals surface area contributed by atoms with Gasteiger partial charge in [0.2, 0.25) is 0 Å². The Balaban J connectivity index is 1.87. The van der Waals surface area contributed by atoms with E-state index in [0.717, 1.165) is 45.0 Å². The maximum absolute atomic E-state index is 11.9. The van der Waals surface area contributed by atoms with Crippen LogP contribution in [0, 0.1) is 0 Å². The molecule has 0 unspecified atom stereocenters. The van der Waals surface area contributed by atoms with Crippen molar-refractivity contribution in [3.63, 3.8) is 0 Å². The maximum Gasteiger partial charge on any atom is 0.416 e. The second-order valence-corrected chi connectivity index (χ2v) is 10.0. The molecular weight excluding hydrogens is 452 g/mol. The van der Waals surface area contributed by atoms with Crippen LogP contribution in [-0.2, 0) is 10.0 Å². The smallest absolute Gasteiger partial charge is 0.222 e. The molecule has 33 heavy (non-hydrogen) atoms. The van der Waals surface area contributed by atoms with Crippen molar-refractivity contribution in [1.29, 1.82) is 0 Å². The van der Waals surface area contributed by atoms with Gasteiger partial charge in [0.1, 0.15) is 11.4 Å². The van der Waals surface area contributed by atoms with Crippen LogP contribution in [0.15, 0.2) is 107 Å². The average molecular weight is 472 g/mol. The number of sulfonamides is 1. The highest BCUT2D eigenvalue weighted by Gasteiger charge is 2.29. The van der Waals surface area contributed by atoms with Gasteiger partial charge in [0.15, 0.2) is 0 Å². The molecule has 2 aromatic heterocycles. The minimum atomic E-state index is -3.96. The molecule has 0 aliphatic carbocycles.